The highest BCUT2D eigenvalue weighted by molar-refractivity contribution is 7.20. The van der Waals surface area contributed by atoms with Crippen molar-refractivity contribution in [3.63, 3.8) is 0 Å². The number of rotatable bonds is 4. The number of nitrogens with zero attached hydrogens (tertiary/aromatic N) is 3. The van der Waals surface area contributed by atoms with Gasteiger partial charge in [-0.05, 0) is 18.4 Å². The molecule has 0 aliphatic carbocycles. The minimum absolute atomic E-state index is 0.308. The maximum absolute atomic E-state index is 11.7. The molecule has 0 atom stereocenters. The first-order valence-electron chi connectivity index (χ1n) is 6.04. The molecule has 0 aliphatic rings. The molecule has 21 heavy (non-hydrogen) atoms. The van der Waals surface area contributed by atoms with Crippen molar-refractivity contribution in [2.75, 3.05) is 5.32 Å². The van der Waals surface area contributed by atoms with Crippen molar-refractivity contribution in [3.8, 4) is 9.88 Å². The second-order valence-electron chi connectivity index (χ2n) is 4.08. The summed E-state index contributed by atoms with van der Waals surface area (Å²) in [5.74, 6) is 0.649. The van der Waals surface area contributed by atoms with Crippen molar-refractivity contribution in [1.82, 2.24) is 19.7 Å². The number of carbonyl (C=O) groups excluding carboxylic acids is 1. The molecular formula is C12H11N5OS3. The molecule has 3 rings (SSSR count). The van der Waals surface area contributed by atoms with Crippen molar-refractivity contribution < 1.29 is 4.79 Å². The topological polar surface area (TPSA) is 79.8 Å². The van der Waals surface area contributed by atoms with Gasteiger partial charge in [0.2, 0.25) is 5.13 Å². The predicted octanol–water partition coefficient (Wildman–Crippen LogP) is 3.35. The zero-order chi connectivity index (χ0) is 14.7. The van der Waals surface area contributed by atoms with Crippen LogP contribution < -0.4 is 10.6 Å². The van der Waals surface area contributed by atoms with E-state index in [1.54, 1.807) is 29.6 Å². The van der Waals surface area contributed by atoms with Crippen molar-refractivity contribution in [3.05, 3.63) is 34.4 Å². The molecule has 0 fully saturated rings. The molecule has 0 saturated heterocycles. The molecule has 0 radical (unpaired) electrons. The summed E-state index contributed by atoms with van der Waals surface area (Å²) in [4.78, 5) is 21.4. The lowest BCUT2D eigenvalue weighted by Gasteiger charge is -2.02. The normalized spacial score (nSPS) is 10.5. The molecule has 0 saturated carbocycles. The lowest BCUT2D eigenvalue weighted by Crippen LogP contribution is -2.28. The Bertz CT molecular complexity index is 734. The molecule has 0 bridgehead atoms. The number of hydrogen-bond acceptors (Lipinski definition) is 7. The number of anilines is 1. The minimum atomic E-state index is -0.308. The van der Waals surface area contributed by atoms with Crippen molar-refractivity contribution in [2.45, 2.75) is 13.5 Å². The van der Waals surface area contributed by atoms with E-state index >= 15 is 0 Å². The summed E-state index contributed by atoms with van der Waals surface area (Å²) < 4.78 is 4.00. The Morgan fingerprint density at radius 2 is 2.24 bits per heavy atom. The number of thiophene rings is 1. The molecular weight excluding hydrogens is 326 g/mol. The van der Waals surface area contributed by atoms with E-state index in [-0.39, 0.29) is 6.03 Å². The Kier molecular flexibility index (Phi) is 4.23. The van der Waals surface area contributed by atoms with Gasteiger partial charge in [-0.2, -0.15) is 4.37 Å². The van der Waals surface area contributed by atoms with Gasteiger partial charge in [0, 0.05) is 16.9 Å². The maximum atomic E-state index is 11.7. The van der Waals surface area contributed by atoms with Gasteiger partial charge in [-0.1, -0.05) is 6.07 Å². The van der Waals surface area contributed by atoms with Crippen LogP contribution in [0.2, 0.25) is 0 Å². The molecule has 3 aromatic heterocycles. The second kappa shape index (κ2) is 6.29. The summed E-state index contributed by atoms with van der Waals surface area (Å²) in [5.41, 5.74) is 0.840. The van der Waals surface area contributed by atoms with Crippen LogP contribution in [0.15, 0.2) is 22.9 Å². The molecule has 108 valence electrons. The van der Waals surface area contributed by atoms with E-state index < -0.39 is 0 Å². The average molecular weight is 337 g/mol. The Morgan fingerprint density at radius 1 is 1.33 bits per heavy atom. The zero-order valence-electron chi connectivity index (χ0n) is 11.0. The first kappa shape index (κ1) is 14.1. The van der Waals surface area contributed by atoms with E-state index in [2.05, 4.69) is 25.0 Å². The molecule has 3 heterocycles. The highest BCUT2D eigenvalue weighted by Gasteiger charge is 2.08. The Balaban J connectivity index is 1.54. The summed E-state index contributed by atoms with van der Waals surface area (Å²) in [6.45, 7) is 2.16. The number of carbonyl (C=O) groups is 1. The van der Waals surface area contributed by atoms with Crippen molar-refractivity contribution >= 4 is 45.4 Å². The van der Waals surface area contributed by atoms with Crippen molar-refractivity contribution in [1.29, 1.82) is 0 Å². The highest BCUT2D eigenvalue weighted by atomic mass is 32.1. The van der Waals surface area contributed by atoms with E-state index in [0.29, 0.717) is 17.5 Å². The number of nitrogens with one attached hydrogen (secondary N) is 2. The lowest BCUT2D eigenvalue weighted by atomic mass is 10.4. The Hall–Kier alpha value is -1.84. The summed E-state index contributed by atoms with van der Waals surface area (Å²) in [7, 11) is 0. The quantitative estimate of drug-likeness (QED) is 0.765. The monoisotopic (exact) mass is 337 g/mol. The molecule has 3 aromatic rings. The fourth-order valence-corrected chi connectivity index (χ4v) is 3.77. The number of aryl methyl sites for hydroxylation is 1. The molecule has 2 amide bonds. The standard InChI is InChI=1S/C12H11N5OS3/c1-7-14-12(21-17-7)16-11(18)13-5-8-6-20-10(15-8)9-3-2-4-19-9/h2-4,6H,5H2,1H3,(H2,13,14,16,17,18). The first-order chi connectivity index (χ1) is 10.2. The van der Waals surface area contributed by atoms with E-state index in [0.717, 1.165) is 27.1 Å². The third kappa shape index (κ3) is 3.63. The molecule has 9 heteroatoms. The third-order valence-electron chi connectivity index (χ3n) is 2.46. The third-order valence-corrected chi connectivity index (χ3v) is 5.11. The van der Waals surface area contributed by atoms with E-state index in [1.807, 2.05) is 22.9 Å². The second-order valence-corrected chi connectivity index (χ2v) is 6.63. The lowest BCUT2D eigenvalue weighted by molar-refractivity contribution is 0.251. The zero-order valence-corrected chi connectivity index (χ0v) is 13.4. The minimum Gasteiger partial charge on any atom is -0.332 e. The van der Waals surface area contributed by atoms with Crippen LogP contribution in [0.1, 0.15) is 11.5 Å². The Morgan fingerprint density at radius 3 is 2.95 bits per heavy atom. The summed E-state index contributed by atoms with van der Waals surface area (Å²) in [6, 6.07) is 3.72. The van der Waals surface area contributed by atoms with Gasteiger partial charge in [0.15, 0.2) is 0 Å². The van der Waals surface area contributed by atoms with Crippen LogP contribution in [0.25, 0.3) is 9.88 Å². The number of urea groups is 1. The SMILES string of the molecule is Cc1nsc(NC(=O)NCc2csc(-c3cccs3)n2)n1. The van der Waals surface area contributed by atoms with Gasteiger partial charge in [-0.25, -0.2) is 14.8 Å². The molecule has 0 aromatic carbocycles. The van der Waals surface area contributed by atoms with Gasteiger partial charge >= 0.3 is 6.03 Å². The summed E-state index contributed by atoms with van der Waals surface area (Å²) in [6.07, 6.45) is 0. The Labute approximate surface area is 133 Å². The fraction of sp³-hybridized carbons (Fsp3) is 0.167. The maximum Gasteiger partial charge on any atom is 0.321 e. The van der Waals surface area contributed by atoms with Gasteiger partial charge < -0.3 is 5.32 Å². The number of thiazole rings is 1. The van der Waals surface area contributed by atoms with Gasteiger partial charge in [0.1, 0.15) is 10.8 Å². The van der Waals surface area contributed by atoms with Gasteiger partial charge in [0.25, 0.3) is 0 Å². The first-order valence-corrected chi connectivity index (χ1v) is 8.57. The van der Waals surface area contributed by atoms with Gasteiger partial charge in [0.05, 0.1) is 17.1 Å². The van der Waals surface area contributed by atoms with Crippen LogP contribution >= 0.6 is 34.2 Å². The largest absolute Gasteiger partial charge is 0.332 e. The summed E-state index contributed by atoms with van der Waals surface area (Å²) in [5, 5.41) is 10.8. The smallest absolute Gasteiger partial charge is 0.321 e. The van der Waals surface area contributed by atoms with Crippen LogP contribution in [0.3, 0.4) is 0 Å². The molecule has 0 spiro atoms. The van der Waals surface area contributed by atoms with Crippen LogP contribution in [-0.2, 0) is 6.54 Å². The summed E-state index contributed by atoms with van der Waals surface area (Å²) >= 11 is 4.38. The van der Waals surface area contributed by atoms with Gasteiger partial charge in [-0.15, -0.1) is 22.7 Å². The number of aromatic nitrogens is 3. The average Bonchev–Trinajstić information content (AvgIpc) is 3.17. The fourth-order valence-electron chi connectivity index (χ4n) is 1.56. The molecule has 2 N–H and O–H groups in total. The van der Waals surface area contributed by atoms with Crippen LogP contribution in [-0.4, -0.2) is 20.4 Å². The molecule has 6 nitrogen and oxygen atoms in total. The number of amides is 2. The van der Waals surface area contributed by atoms with Crippen LogP contribution in [0, 0.1) is 6.92 Å². The van der Waals surface area contributed by atoms with Crippen molar-refractivity contribution in [2.24, 2.45) is 0 Å². The molecule has 0 aliphatic heterocycles. The predicted molar refractivity (Wildman–Crippen MR) is 85.9 cm³/mol. The van der Waals surface area contributed by atoms with E-state index in [9.17, 15) is 4.79 Å². The van der Waals surface area contributed by atoms with Crippen LogP contribution in [0.5, 0.6) is 0 Å². The van der Waals surface area contributed by atoms with Gasteiger partial charge in [-0.3, -0.25) is 5.32 Å². The van der Waals surface area contributed by atoms with E-state index in [4.69, 9.17) is 0 Å². The van der Waals surface area contributed by atoms with Crippen LogP contribution in [0.4, 0.5) is 9.93 Å². The molecule has 0 unspecified atom stereocenters. The number of hydrogen-bond donors (Lipinski definition) is 2. The highest BCUT2D eigenvalue weighted by Crippen LogP contribution is 2.27. The van der Waals surface area contributed by atoms with E-state index in [1.165, 1.54) is 0 Å².